The molecule has 25 heavy (non-hydrogen) atoms. The first-order valence-electron chi connectivity index (χ1n) is 7.61. The summed E-state index contributed by atoms with van der Waals surface area (Å²) in [6, 6.07) is 4.10. The first-order valence-corrected chi connectivity index (χ1v) is 8.49. The molecular weight excluding hydrogens is 346 g/mol. The normalized spacial score (nSPS) is 11.8. The van der Waals surface area contributed by atoms with Gasteiger partial charge in [0, 0.05) is 6.07 Å². The van der Waals surface area contributed by atoms with Crippen LogP contribution in [0.25, 0.3) is 0 Å². The molecule has 1 atom stereocenters. The second-order valence-corrected chi connectivity index (χ2v) is 6.60. The Morgan fingerprint density at radius 3 is 2.68 bits per heavy atom. The molecule has 2 aromatic heterocycles. The molecule has 0 spiro atoms. The van der Waals surface area contributed by atoms with Crippen molar-refractivity contribution >= 4 is 34.9 Å². The lowest BCUT2D eigenvalue weighted by Gasteiger charge is -2.20. The number of hydrogen-bond acceptors (Lipinski definition) is 7. The molecule has 8 nitrogen and oxygen atoms in total. The second-order valence-electron chi connectivity index (χ2n) is 5.65. The van der Waals surface area contributed by atoms with Gasteiger partial charge in [0.05, 0.1) is 4.88 Å². The molecule has 0 saturated carbocycles. The molecule has 2 heterocycles. The number of nitrogens with one attached hydrogen (secondary N) is 2. The molecule has 0 aliphatic rings. The molecule has 134 valence electrons. The molecule has 2 amide bonds. The molecule has 2 aromatic rings. The Morgan fingerprint density at radius 2 is 2.12 bits per heavy atom. The molecule has 2 rings (SSSR count). The lowest BCUT2D eigenvalue weighted by Crippen LogP contribution is -2.45. The number of ether oxygens (including phenoxy) is 1. The van der Waals surface area contributed by atoms with Crippen molar-refractivity contribution < 1.29 is 23.6 Å². The highest BCUT2D eigenvalue weighted by Gasteiger charge is 2.27. The average molecular weight is 365 g/mol. The number of anilines is 1. The van der Waals surface area contributed by atoms with Crippen LogP contribution in [-0.2, 0) is 14.3 Å². The van der Waals surface area contributed by atoms with Gasteiger partial charge in [-0.05, 0) is 24.3 Å². The number of amides is 2. The van der Waals surface area contributed by atoms with Crippen molar-refractivity contribution in [1.82, 2.24) is 10.5 Å². The van der Waals surface area contributed by atoms with Gasteiger partial charge in [-0.1, -0.05) is 25.1 Å². The summed E-state index contributed by atoms with van der Waals surface area (Å²) in [5.74, 6) is -0.987. The van der Waals surface area contributed by atoms with E-state index in [1.54, 1.807) is 38.3 Å². The van der Waals surface area contributed by atoms with Crippen LogP contribution in [0, 0.1) is 12.8 Å². The molecule has 0 aromatic carbocycles. The van der Waals surface area contributed by atoms with E-state index in [9.17, 15) is 14.4 Å². The zero-order chi connectivity index (χ0) is 18.4. The standard InChI is InChI=1S/C16H19N3O5S/c1-9(2)14(18-15(21)11-5-4-6-25-11)16(22)23-8-13(20)17-12-7-10(3)24-19-12/h4-7,9,14H,8H2,1-3H3,(H,18,21)(H,17,19,20)/t14-/m1/s1. The van der Waals surface area contributed by atoms with Gasteiger partial charge in [-0.15, -0.1) is 11.3 Å². The van der Waals surface area contributed by atoms with E-state index < -0.39 is 24.5 Å². The third-order valence-electron chi connectivity index (χ3n) is 3.19. The topological polar surface area (TPSA) is 111 Å². The van der Waals surface area contributed by atoms with E-state index in [1.807, 2.05) is 0 Å². The van der Waals surface area contributed by atoms with E-state index in [0.717, 1.165) is 0 Å². The van der Waals surface area contributed by atoms with E-state index >= 15 is 0 Å². The van der Waals surface area contributed by atoms with Crippen LogP contribution in [0.3, 0.4) is 0 Å². The first kappa shape index (κ1) is 18.7. The zero-order valence-corrected chi connectivity index (χ0v) is 14.9. The molecule has 0 aliphatic heterocycles. The number of carbonyl (C=O) groups is 3. The van der Waals surface area contributed by atoms with E-state index in [2.05, 4.69) is 15.8 Å². The summed E-state index contributed by atoms with van der Waals surface area (Å²) >= 11 is 1.27. The van der Waals surface area contributed by atoms with Gasteiger partial charge in [-0.2, -0.15) is 0 Å². The number of thiophene rings is 1. The zero-order valence-electron chi connectivity index (χ0n) is 14.1. The predicted octanol–water partition coefficient (Wildman–Crippen LogP) is 1.98. The van der Waals surface area contributed by atoms with Gasteiger partial charge in [0.25, 0.3) is 11.8 Å². The molecule has 0 bridgehead atoms. The van der Waals surface area contributed by atoms with Crippen LogP contribution in [0.15, 0.2) is 28.1 Å². The fourth-order valence-electron chi connectivity index (χ4n) is 1.95. The number of aromatic nitrogens is 1. The summed E-state index contributed by atoms with van der Waals surface area (Å²) in [5, 5.41) is 10.5. The fraction of sp³-hybridized carbons (Fsp3) is 0.375. The Hall–Kier alpha value is -2.68. The number of hydrogen-bond donors (Lipinski definition) is 2. The molecular formula is C16H19N3O5S. The largest absolute Gasteiger partial charge is 0.454 e. The SMILES string of the molecule is Cc1cc(NC(=O)COC(=O)[C@H](NC(=O)c2cccs2)C(C)C)no1. The Morgan fingerprint density at radius 1 is 1.36 bits per heavy atom. The summed E-state index contributed by atoms with van der Waals surface area (Å²) < 4.78 is 9.82. The van der Waals surface area contributed by atoms with Gasteiger partial charge in [0.1, 0.15) is 11.8 Å². The second kappa shape index (κ2) is 8.43. The minimum atomic E-state index is -0.850. The van der Waals surface area contributed by atoms with Crippen LogP contribution < -0.4 is 10.6 Å². The number of carbonyl (C=O) groups excluding carboxylic acids is 3. The van der Waals surface area contributed by atoms with Gasteiger partial charge in [-0.3, -0.25) is 9.59 Å². The highest BCUT2D eigenvalue weighted by molar-refractivity contribution is 7.12. The maximum absolute atomic E-state index is 12.2. The van der Waals surface area contributed by atoms with Gasteiger partial charge in [-0.25, -0.2) is 4.79 Å². The lowest BCUT2D eigenvalue weighted by atomic mass is 10.0. The highest BCUT2D eigenvalue weighted by Crippen LogP contribution is 2.11. The minimum Gasteiger partial charge on any atom is -0.454 e. The van der Waals surface area contributed by atoms with Crippen LogP contribution >= 0.6 is 11.3 Å². The third kappa shape index (κ3) is 5.42. The molecule has 0 fully saturated rings. The van der Waals surface area contributed by atoms with Crippen LogP contribution in [-0.4, -0.2) is 35.6 Å². The monoisotopic (exact) mass is 365 g/mol. The maximum Gasteiger partial charge on any atom is 0.329 e. The molecule has 9 heteroatoms. The van der Waals surface area contributed by atoms with Crippen molar-refractivity contribution in [3.8, 4) is 0 Å². The number of rotatable bonds is 7. The van der Waals surface area contributed by atoms with E-state index in [4.69, 9.17) is 9.26 Å². The molecule has 2 N–H and O–H groups in total. The fourth-order valence-corrected chi connectivity index (χ4v) is 2.58. The minimum absolute atomic E-state index is 0.197. The summed E-state index contributed by atoms with van der Waals surface area (Å²) in [6.45, 7) is 4.76. The smallest absolute Gasteiger partial charge is 0.329 e. The van der Waals surface area contributed by atoms with Crippen LogP contribution in [0.5, 0.6) is 0 Å². The summed E-state index contributed by atoms with van der Waals surface area (Å²) in [6.07, 6.45) is 0. The van der Waals surface area contributed by atoms with Crippen LogP contribution in [0.1, 0.15) is 29.3 Å². The molecule has 0 saturated heterocycles. The molecule has 0 radical (unpaired) electrons. The van der Waals surface area contributed by atoms with E-state index in [-0.39, 0.29) is 17.6 Å². The number of aryl methyl sites for hydroxylation is 1. The lowest BCUT2D eigenvalue weighted by molar-refractivity contribution is -0.150. The van der Waals surface area contributed by atoms with Gasteiger partial charge in [0.15, 0.2) is 12.4 Å². The Balaban J connectivity index is 1.87. The van der Waals surface area contributed by atoms with Crippen LogP contribution in [0.4, 0.5) is 5.82 Å². The third-order valence-corrected chi connectivity index (χ3v) is 4.06. The Labute approximate surface area is 148 Å². The first-order chi connectivity index (χ1) is 11.9. The summed E-state index contributed by atoms with van der Waals surface area (Å²) in [5.41, 5.74) is 0. The molecule has 0 unspecified atom stereocenters. The number of nitrogens with zero attached hydrogens (tertiary/aromatic N) is 1. The van der Waals surface area contributed by atoms with Gasteiger partial charge in [0.2, 0.25) is 0 Å². The van der Waals surface area contributed by atoms with Crippen molar-refractivity contribution in [1.29, 1.82) is 0 Å². The predicted molar refractivity (Wildman–Crippen MR) is 91.2 cm³/mol. The van der Waals surface area contributed by atoms with E-state index in [0.29, 0.717) is 10.6 Å². The van der Waals surface area contributed by atoms with E-state index in [1.165, 1.54) is 17.4 Å². The number of esters is 1. The van der Waals surface area contributed by atoms with Gasteiger partial charge < -0.3 is 19.9 Å². The quantitative estimate of drug-likeness (QED) is 0.726. The maximum atomic E-state index is 12.2. The van der Waals surface area contributed by atoms with Crippen molar-refractivity contribution in [3.05, 3.63) is 34.2 Å². The Kier molecular flexibility index (Phi) is 6.29. The average Bonchev–Trinajstić information content (AvgIpc) is 3.21. The van der Waals surface area contributed by atoms with Crippen molar-refractivity contribution in [2.45, 2.75) is 26.8 Å². The van der Waals surface area contributed by atoms with Crippen molar-refractivity contribution in [2.75, 3.05) is 11.9 Å². The molecule has 0 aliphatic carbocycles. The van der Waals surface area contributed by atoms with Crippen molar-refractivity contribution in [3.63, 3.8) is 0 Å². The van der Waals surface area contributed by atoms with Crippen molar-refractivity contribution in [2.24, 2.45) is 5.92 Å². The Bertz CT molecular complexity index is 739. The van der Waals surface area contributed by atoms with Gasteiger partial charge >= 0.3 is 5.97 Å². The highest BCUT2D eigenvalue weighted by atomic mass is 32.1. The summed E-state index contributed by atoms with van der Waals surface area (Å²) in [4.78, 5) is 36.6. The summed E-state index contributed by atoms with van der Waals surface area (Å²) in [7, 11) is 0. The van der Waals surface area contributed by atoms with Crippen LogP contribution in [0.2, 0.25) is 0 Å².